The molecule has 0 amide bonds. The summed E-state index contributed by atoms with van der Waals surface area (Å²) < 4.78 is 0. The van der Waals surface area contributed by atoms with E-state index < -0.39 is 5.60 Å². The molecule has 0 spiro atoms. The number of hydrogen-bond donors (Lipinski definition) is 1. The molecule has 0 radical (unpaired) electrons. The second-order valence-corrected chi connectivity index (χ2v) is 6.19. The van der Waals surface area contributed by atoms with Gasteiger partial charge in [-0.3, -0.25) is 0 Å². The van der Waals surface area contributed by atoms with Crippen molar-refractivity contribution in [1.82, 2.24) is 4.90 Å². The van der Waals surface area contributed by atoms with Gasteiger partial charge in [-0.15, -0.1) is 0 Å². The molecule has 19 heavy (non-hydrogen) atoms. The first-order valence-corrected chi connectivity index (χ1v) is 7.71. The lowest BCUT2D eigenvalue weighted by atomic mass is 9.87. The third kappa shape index (κ3) is 3.63. The Balaban J connectivity index is 2.20. The van der Waals surface area contributed by atoms with E-state index in [0.717, 1.165) is 44.5 Å². The molecule has 0 aliphatic carbocycles. The Bertz CT molecular complexity index is 438. The smallest absolute Gasteiger partial charge is 0.0924 e. The fourth-order valence-corrected chi connectivity index (χ4v) is 3.30. The zero-order valence-electron chi connectivity index (χ0n) is 11.3. The second-order valence-electron chi connectivity index (χ2n) is 5.35. The summed E-state index contributed by atoms with van der Waals surface area (Å²) in [7, 11) is 0. The van der Waals surface area contributed by atoms with Crippen molar-refractivity contribution in [3.8, 4) is 0 Å². The number of nitrogens with zero attached hydrogens (tertiary/aromatic N) is 1. The highest BCUT2D eigenvalue weighted by Gasteiger charge is 2.33. The minimum Gasteiger partial charge on any atom is -0.385 e. The van der Waals surface area contributed by atoms with Crippen LogP contribution in [-0.2, 0) is 5.60 Å². The first-order chi connectivity index (χ1) is 9.05. The summed E-state index contributed by atoms with van der Waals surface area (Å²) >= 11 is 12.3. The van der Waals surface area contributed by atoms with Crippen LogP contribution in [0.25, 0.3) is 0 Å². The first kappa shape index (κ1) is 15.1. The number of benzene rings is 1. The standard InChI is InChI=1S/C15H21Cl2NO/c1-2-8-18-9-3-6-15(19,7-10-18)13-11-12(16)4-5-14(13)17/h4-5,11,19H,2-3,6-10H2,1H3. The summed E-state index contributed by atoms with van der Waals surface area (Å²) in [5.41, 5.74) is -0.0650. The Labute approximate surface area is 125 Å². The Morgan fingerprint density at radius 1 is 1.26 bits per heavy atom. The molecular weight excluding hydrogens is 281 g/mol. The topological polar surface area (TPSA) is 23.5 Å². The highest BCUT2D eigenvalue weighted by molar-refractivity contribution is 6.33. The van der Waals surface area contributed by atoms with Crippen LogP contribution in [0.15, 0.2) is 18.2 Å². The lowest BCUT2D eigenvalue weighted by Crippen LogP contribution is -2.30. The van der Waals surface area contributed by atoms with Crippen LogP contribution in [0.1, 0.15) is 38.2 Å². The summed E-state index contributed by atoms with van der Waals surface area (Å²) in [4.78, 5) is 2.41. The number of halogens is 2. The van der Waals surface area contributed by atoms with Gasteiger partial charge < -0.3 is 10.0 Å². The Morgan fingerprint density at radius 2 is 2.05 bits per heavy atom. The van der Waals surface area contributed by atoms with Crippen LogP contribution in [-0.4, -0.2) is 29.6 Å². The van der Waals surface area contributed by atoms with Crippen LogP contribution in [0.3, 0.4) is 0 Å². The van der Waals surface area contributed by atoms with Crippen molar-refractivity contribution in [2.24, 2.45) is 0 Å². The fourth-order valence-electron chi connectivity index (χ4n) is 2.84. The molecule has 1 aromatic carbocycles. The first-order valence-electron chi connectivity index (χ1n) is 6.95. The zero-order valence-corrected chi connectivity index (χ0v) is 12.8. The monoisotopic (exact) mass is 301 g/mol. The van der Waals surface area contributed by atoms with Crippen molar-refractivity contribution >= 4 is 23.2 Å². The van der Waals surface area contributed by atoms with Gasteiger partial charge in [0.2, 0.25) is 0 Å². The number of hydrogen-bond acceptors (Lipinski definition) is 2. The van der Waals surface area contributed by atoms with Gasteiger partial charge in [0.1, 0.15) is 0 Å². The van der Waals surface area contributed by atoms with Crippen LogP contribution in [0, 0.1) is 0 Å². The molecule has 2 nitrogen and oxygen atoms in total. The number of likely N-dealkylation sites (tertiary alicyclic amines) is 1. The SMILES string of the molecule is CCCN1CCCC(O)(c2cc(Cl)ccc2Cl)CC1. The van der Waals surface area contributed by atoms with Crippen molar-refractivity contribution in [3.05, 3.63) is 33.8 Å². The summed E-state index contributed by atoms with van der Waals surface area (Å²) in [5.74, 6) is 0. The number of rotatable bonds is 3. The van der Waals surface area contributed by atoms with E-state index in [9.17, 15) is 5.11 Å². The van der Waals surface area contributed by atoms with Crippen LogP contribution < -0.4 is 0 Å². The molecule has 4 heteroatoms. The molecular formula is C15H21Cl2NO. The van der Waals surface area contributed by atoms with Gasteiger partial charge in [-0.1, -0.05) is 30.1 Å². The van der Waals surface area contributed by atoms with Gasteiger partial charge in [0.25, 0.3) is 0 Å². The molecule has 1 N–H and O–H groups in total. The summed E-state index contributed by atoms with van der Waals surface area (Å²) in [6.07, 6.45) is 3.59. The maximum atomic E-state index is 10.9. The molecule has 1 fully saturated rings. The molecule has 1 heterocycles. The average Bonchev–Trinajstić information content (AvgIpc) is 2.56. The molecule has 1 unspecified atom stereocenters. The normalized spacial score (nSPS) is 25.3. The van der Waals surface area contributed by atoms with E-state index in [-0.39, 0.29) is 0 Å². The van der Waals surface area contributed by atoms with Crippen molar-refractivity contribution < 1.29 is 5.11 Å². The lowest BCUT2D eigenvalue weighted by molar-refractivity contribution is 0.0213. The van der Waals surface area contributed by atoms with E-state index in [2.05, 4.69) is 11.8 Å². The lowest BCUT2D eigenvalue weighted by Gasteiger charge is -2.28. The molecule has 1 saturated heterocycles. The molecule has 0 bridgehead atoms. The van der Waals surface area contributed by atoms with Gasteiger partial charge in [-0.05, 0) is 57.0 Å². The molecule has 1 aliphatic heterocycles. The highest BCUT2D eigenvalue weighted by Crippen LogP contribution is 2.38. The molecule has 106 valence electrons. The predicted molar refractivity (Wildman–Crippen MR) is 80.9 cm³/mol. The highest BCUT2D eigenvalue weighted by atomic mass is 35.5. The van der Waals surface area contributed by atoms with Crippen molar-refractivity contribution in [2.75, 3.05) is 19.6 Å². The van der Waals surface area contributed by atoms with Crippen LogP contribution >= 0.6 is 23.2 Å². The average molecular weight is 302 g/mol. The van der Waals surface area contributed by atoms with E-state index in [1.54, 1.807) is 18.2 Å². The molecule has 1 aromatic rings. The van der Waals surface area contributed by atoms with Gasteiger partial charge in [-0.25, -0.2) is 0 Å². The van der Waals surface area contributed by atoms with E-state index >= 15 is 0 Å². The van der Waals surface area contributed by atoms with Crippen LogP contribution in [0.2, 0.25) is 10.0 Å². The minimum absolute atomic E-state index is 0.607. The Hall–Kier alpha value is -0.280. The van der Waals surface area contributed by atoms with Crippen molar-refractivity contribution in [1.29, 1.82) is 0 Å². The van der Waals surface area contributed by atoms with Crippen LogP contribution in [0.4, 0.5) is 0 Å². The molecule has 0 aromatic heterocycles. The fraction of sp³-hybridized carbons (Fsp3) is 0.600. The van der Waals surface area contributed by atoms with E-state index in [0.29, 0.717) is 16.5 Å². The number of aliphatic hydroxyl groups is 1. The maximum Gasteiger partial charge on any atom is 0.0924 e. The van der Waals surface area contributed by atoms with Gasteiger partial charge in [0.15, 0.2) is 0 Å². The summed E-state index contributed by atoms with van der Waals surface area (Å²) in [6.45, 7) is 5.24. The van der Waals surface area contributed by atoms with Gasteiger partial charge >= 0.3 is 0 Å². The largest absolute Gasteiger partial charge is 0.385 e. The molecule has 1 aliphatic rings. The quantitative estimate of drug-likeness (QED) is 0.909. The summed E-state index contributed by atoms with van der Waals surface area (Å²) in [6, 6.07) is 5.34. The summed E-state index contributed by atoms with van der Waals surface area (Å²) in [5, 5.41) is 12.2. The van der Waals surface area contributed by atoms with Gasteiger partial charge in [0.05, 0.1) is 5.60 Å². The Kier molecular flexibility index (Phi) is 5.13. The Morgan fingerprint density at radius 3 is 2.79 bits per heavy atom. The van der Waals surface area contributed by atoms with E-state index in [4.69, 9.17) is 23.2 Å². The van der Waals surface area contributed by atoms with Crippen LogP contribution in [0.5, 0.6) is 0 Å². The van der Waals surface area contributed by atoms with Crippen molar-refractivity contribution in [2.45, 2.75) is 38.2 Å². The van der Waals surface area contributed by atoms with E-state index in [1.807, 2.05) is 0 Å². The van der Waals surface area contributed by atoms with Crippen molar-refractivity contribution in [3.63, 3.8) is 0 Å². The zero-order chi connectivity index (χ0) is 13.9. The third-order valence-corrected chi connectivity index (χ3v) is 4.44. The molecule has 1 atom stereocenters. The predicted octanol–water partition coefficient (Wildman–Crippen LogP) is 4.08. The maximum absolute atomic E-state index is 10.9. The molecule has 2 rings (SSSR count). The molecule has 0 saturated carbocycles. The minimum atomic E-state index is -0.843. The van der Waals surface area contributed by atoms with Gasteiger partial charge in [-0.2, -0.15) is 0 Å². The third-order valence-electron chi connectivity index (χ3n) is 3.88. The van der Waals surface area contributed by atoms with E-state index in [1.165, 1.54) is 0 Å². The second kappa shape index (κ2) is 6.45. The van der Waals surface area contributed by atoms with Gasteiger partial charge in [0, 0.05) is 22.2 Å².